The number of carbonyl (C=O) groups is 1. The van der Waals surface area contributed by atoms with Crippen LogP contribution in [0.5, 0.6) is 5.75 Å². The second-order valence-electron chi connectivity index (χ2n) is 5.47. The van der Waals surface area contributed by atoms with Crippen LogP contribution in [0.1, 0.15) is 43.7 Å². The van der Waals surface area contributed by atoms with Gasteiger partial charge >= 0.3 is 5.97 Å². The standard InChI is InChI=1S/C16H23NO3/c1-17(13-8-4-3-5-9-13)15(16(18)19)12-7-6-10-14(11-12)20-2/h6-7,10-11,13,15H,3-5,8-9H2,1-2H3,(H,18,19). The van der Waals surface area contributed by atoms with Crippen molar-refractivity contribution in [3.8, 4) is 5.75 Å². The molecule has 1 aliphatic carbocycles. The van der Waals surface area contributed by atoms with Crippen LogP contribution in [0, 0.1) is 0 Å². The van der Waals surface area contributed by atoms with Gasteiger partial charge in [-0.1, -0.05) is 31.4 Å². The van der Waals surface area contributed by atoms with Crippen molar-refractivity contribution in [3.63, 3.8) is 0 Å². The van der Waals surface area contributed by atoms with Gasteiger partial charge in [-0.15, -0.1) is 0 Å². The third kappa shape index (κ3) is 3.31. The highest BCUT2D eigenvalue weighted by atomic mass is 16.5. The van der Waals surface area contributed by atoms with Gasteiger partial charge in [-0.25, -0.2) is 0 Å². The van der Waals surface area contributed by atoms with Crippen LogP contribution in [0.15, 0.2) is 24.3 Å². The first-order valence-corrected chi connectivity index (χ1v) is 7.22. The highest BCUT2D eigenvalue weighted by Crippen LogP contribution is 2.30. The molecule has 1 unspecified atom stereocenters. The largest absolute Gasteiger partial charge is 0.497 e. The van der Waals surface area contributed by atoms with Crippen LogP contribution in [0.2, 0.25) is 0 Å². The summed E-state index contributed by atoms with van der Waals surface area (Å²) in [5.74, 6) is -0.0999. The molecule has 1 atom stereocenters. The average molecular weight is 277 g/mol. The molecule has 0 heterocycles. The van der Waals surface area contributed by atoms with Crippen LogP contribution in [0.25, 0.3) is 0 Å². The molecule has 20 heavy (non-hydrogen) atoms. The normalized spacial score (nSPS) is 17.9. The number of carboxylic acid groups (broad SMARTS) is 1. The summed E-state index contributed by atoms with van der Waals surface area (Å²) in [5.41, 5.74) is 0.782. The van der Waals surface area contributed by atoms with E-state index in [1.807, 2.05) is 36.2 Å². The summed E-state index contributed by atoms with van der Waals surface area (Å²) in [6.07, 6.45) is 5.83. The van der Waals surface area contributed by atoms with E-state index < -0.39 is 12.0 Å². The number of nitrogens with zero attached hydrogens (tertiary/aromatic N) is 1. The Labute approximate surface area is 120 Å². The number of hydrogen-bond acceptors (Lipinski definition) is 3. The van der Waals surface area contributed by atoms with Gasteiger partial charge in [0, 0.05) is 6.04 Å². The lowest BCUT2D eigenvalue weighted by molar-refractivity contribution is -0.144. The molecule has 4 nitrogen and oxygen atoms in total. The highest BCUT2D eigenvalue weighted by Gasteiger charge is 2.30. The van der Waals surface area contributed by atoms with Gasteiger partial charge in [0.15, 0.2) is 0 Å². The molecule has 0 radical (unpaired) electrons. The molecule has 0 spiro atoms. The molecule has 0 aliphatic heterocycles. The summed E-state index contributed by atoms with van der Waals surface area (Å²) in [6, 6.07) is 7.12. The van der Waals surface area contributed by atoms with E-state index in [-0.39, 0.29) is 0 Å². The van der Waals surface area contributed by atoms with Crippen molar-refractivity contribution in [2.45, 2.75) is 44.2 Å². The van der Waals surface area contributed by atoms with E-state index in [4.69, 9.17) is 4.74 Å². The molecule has 2 rings (SSSR count). The SMILES string of the molecule is COc1cccc(C(C(=O)O)N(C)C2CCCCC2)c1. The average Bonchev–Trinajstić information content (AvgIpc) is 2.48. The lowest BCUT2D eigenvalue weighted by Crippen LogP contribution is -2.40. The number of hydrogen-bond donors (Lipinski definition) is 1. The van der Waals surface area contributed by atoms with Gasteiger partial charge in [0.05, 0.1) is 7.11 Å². The van der Waals surface area contributed by atoms with E-state index in [1.54, 1.807) is 7.11 Å². The van der Waals surface area contributed by atoms with E-state index in [9.17, 15) is 9.90 Å². The molecule has 0 bridgehead atoms. The Morgan fingerprint density at radius 2 is 2.05 bits per heavy atom. The molecule has 1 fully saturated rings. The van der Waals surface area contributed by atoms with Gasteiger partial charge < -0.3 is 9.84 Å². The van der Waals surface area contributed by atoms with Crippen molar-refractivity contribution >= 4 is 5.97 Å². The van der Waals surface area contributed by atoms with Gasteiger partial charge in [0.1, 0.15) is 11.8 Å². The smallest absolute Gasteiger partial charge is 0.325 e. The van der Waals surface area contributed by atoms with Crippen molar-refractivity contribution in [2.75, 3.05) is 14.2 Å². The predicted molar refractivity (Wildman–Crippen MR) is 78.0 cm³/mol. The van der Waals surface area contributed by atoms with E-state index in [0.29, 0.717) is 11.8 Å². The Morgan fingerprint density at radius 3 is 2.65 bits per heavy atom. The number of methoxy groups -OCH3 is 1. The summed E-state index contributed by atoms with van der Waals surface area (Å²) in [7, 11) is 3.52. The second-order valence-corrected chi connectivity index (χ2v) is 5.47. The summed E-state index contributed by atoms with van der Waals surface area (Å²) in [6.45, 7) is 0. The van der Waals surface area contributed by atoms with Gasteiger partial charge in [-0.2, -0.15) is 0 Å². The fourth-order valence-electron chi connectivity index (χ4n) is 3.06. The third-order valence-corrected chi connectivity index (χ3v) is 4.20. The molecule has 0 saturated heterocycles. The maximum Gasteiger partial charge on any atom is 0.325 e. The van der Waals surface area contributed by atoms with Crippen LogP contribution >= 0.6 is 0 Å². The monoisotopic (exact) mass is 277 g/mol. The van der Waals surface area contributed by atoms with Gasteiger partial charge in [-0.05, 0) is 37.6 Å². The fourth-order valence-corrected chi connectivity index (χ4v) is 3.06. The van der Waals surface area contributed by atoms with Crippen molar-refractivity contribution in [2.24, 2.45) is 0 Å². The molecular weight excluding hydrogens is 254 g/mol. The first-order chi connectivity index (χ1) is 9.63. The molecule has 1 saturated carbocycles. The maximum atomic E-state index is 11.7. The molecule has 1 aromatic rings. The zero-order valence-corrected chi connectivity index (χ0v) is 12.2. The zero-order chi connectivity index (χ0) is 14.5. The molecule has 1 aromatic carbocycles. The number of carboxylic acids is 1. The Balaban J connectivity index is 2.22. The molecule has 4 heteroatoms. The van der Waals surface area contributed by atoms with E-state index in [2.05, 4.69) is 0 Å². The number of benzene rings is 1. The quantitative estimate of drug-likeness (QED) is 0.898. The summed E-state index contributed by atoms with van der Waals surface area (Å²) < 4.78 is 5.20. The Bertz CT molecular complexity index is 455. The fraction of sp³-hybridized carbons (Fsp3) is 0.562. The van der Waals surface area contributed by atoms with Crippen LogP contribution in [0.3, 0.4) is 0 Å². The van der Waals surface area contributed by atoms with Crippen molar-refractivity contribution in [1.82, 2.24) is 4.90 Å². The zero-order valence-electron chi connectivity index (χ0n) is 12.2. The maximum absolute atomic E-state index is 11.7. The number of aliphatic carboxylic acids is 1. The molecule has 0 amide bonds. The topological polar surface area (TPSA) is 49.8 Å². The third-order valence-electron chi connectivity index (χ3n) is 4.20. The highest BCUT2D eigenvalue weighted by molar-refractivity contribution is 5.75. The van der Waals surface area contributed by atoms with Gasteiger partial charge in [0.2, 0.25) is 0 Å². The molecule has 0 aromatic heterocycles. The van der Waals surface area contributed by atoms with E-state index >= 15 is 0 Å². The Morgan fingerprint density at radius 1 is 1.35 bits per heavy atom. The predicted octanol–water partition coefficient (Wildman–Crippen LogP) is 3.09. The van der Waals surface area contributed by atoms with Crippen molar-refractivity contribution in [3.05, 3.63) is 29.8 Å². The van der Waals surface area contributed by atoms with Crippen LogP contribution < -0.4 is 4.74 Å². The number of ether oxygens (including phenoxy) is 1. The summed E-state index contributed by atoms with van der Waals surface area (Å²) >= 11 is 0. The minimum Gasteiger partial charge on any atom is -0.497 e. The van der Waals surface area contributed by atoms with Crippen LogP contribution in [0.4, 0.5) is 0 Å². The minimum atomic E-state index is -0.800. The van der Waals surface area contributed by atoms with Crippen LogP contribution in [-0.2, 0) is 4.79 Å². The van der Waals surface area contributed by atoms with E-state index in [1.165, 1.54) is 19.3 Å². The summed E-state index contributed by atoms with van der Waals surface area (Å²) in [5, 5.41) is 9.61. The first-order valence-electron chi connectivity index (χ1n) is 7.22. The van der Waals surface area contributed by atoms with Gasteiger partial charge in [0.25, 0.3) is 0 Å². The lowest BCUT2D eigenvalue weighted by atomic mass is 9.92. The first kappa shape index (κ1) is 14.9. The van der Waals surface area contributed by atoms with Crippen molar-refractivity contribution in [1.29, 1.82) is 0 Å². The second kappa shape index (κ2) is 6.75. The molecule has 1 N–H and O–H groups in total. The van der Waals surface area contributed by atoms with Crippen LogP contribution in [-0.4, -0.2) is 36.2 Å². The lowest BCUT2D eigenvalue weighted by Gasteiger charge is -2.35. The number of likely N-dealkylation sites (N-methyl/N-ethyl adjacent to an activating group) is 1. The molecule has 1 aliphatic rings. The molecule has 110 valence electrons. The molecular formula is C16H23NO3. The van der Waals surface area contributed by atoms with E-state index in [0.717, 1.165) is 18.4 Å². The summed E-state index contributed by atoms with van der Waals surface area (Å²) in [4.78, 5) is 13.7. The van der Waals surface area contributed by atoms with Crippen molar-refractivity contribution < 1.29 is 14.6 Å². The number of rotatable bonds is 5. The van der Waals surface area contributed by atoms with Gasteiger partial charge in [-0.3, -0.25) is 9.69 Å². The Hall–Kier alpha value is -1.55. The Kier molecular flexibility index (Phi) is 5.01. The minimum absolute atomic E-state index is 0.357.